The second kappa shape index (κ2) is 10.5. The number of unbranched alkanes of at least 4 members (excludes halogenated alkanes) is 3. The Morgan fingerprint density at radius 2 is 2.05 bits per heavy atom. The number of hydrogen-bond acceptors (Lipinski definition) is 4. The first-order valence-electron chi connectivity index (χ1n) is 7.46. The van der Waals surface area contributed by atoms with Gasteiger partial charge >= 0.3 is 0 Å². The van der Waals surface area contributed by atoms with Crippen LogP contribution in [0.2, 0.25) is 0 Å². The Morgan fingerprint density at radius 3 is 2.71 bits per heavy atom. The lowest BCUT2D eigenvalue weighted by molar-refractivity contribution is 0.318. The topological polar surface area (TPSA) is 70.6 Å². The maximum atomic E-state index is 8.68. The van der Waals surface area contributed by atoms with Crippen LogP contribution in [0.4, 0.5) is 0 Å². The Morgan fingerprint density at radius 1 is 1.29 bits per heavy atom. The van der Waals surface area contributed by atoms with Crippen LogP contribution >= 0.6 is 11.8 Å². The first-order valence-corrected chi connectivity index (χ1v) is 8.85. The highest BCUT2D eigenvalue weighted by molar-refractivity contribution is 7.98. The zero-order valence-electron chi connectivity index (χ0n) is 13.1. The number of rotatable bonds is 10. The van der Waals surface area contributed by atoms with Gasteiger partial charge in [0, 0.05) is 12.1 Å². The van der Waals surface area contributed by atoms with Gasteiger partial charge in [-0.05, 0) is 55.5 Å². The lowest BCUT2D eigenvalue weighted by atomic mass is 10.0. The average Bonchev–Trinajstić information content (AvgIpc) is 2.50. The molecule has 0 fully saturated rings. The SMILES string of the molecule is CSCCCCCCNCc1ccc(/C(N)=N/O)cc1C. The van der Waals surface area contributed by atoms with E-state index in [1.54, 1.807) is 0 Å². The van der Waals surface area contributed by atoms with Crippen LogP contribution in [0.5, 0.6) is 0 Å². The van der Waals surface area contributed by atoms with Crippen LogP contribution in [0.15, 0.2) is 23.4 Å². The molecule has 1 aromatic carbocycles. The highest BCUT2D eigenvalue weighted by Crippen LogP contribution is 2.11. The monoisotopic (exact) mass is 309 g/mol. The van der Waals surface area contributed by atoms with E-state index in [1.807, 2.05) is 36.9 Å². The molecule has 0 atom stereocenters. The molecule has 0 radical (unpaired) electrons. The quantitative estimate of drug-likeness (QED) is 0.204. The van der Waals surface area contributed by atoms with Crippen LogP contribution in [0.1, 0.15) is 42.4 Å². The number of benzene rings is 1. The van der Waals surface area contributed by atoms with Crippen molar-refractivity contribution < 1.29 is 5.21 Å². The van der Waals surface area contributed by atoms with Crippen LogP contribution in [-0.2, 0) is 6.54 Å². The summed E-state index contributed by atoms with van der Waals surface area (Å²) in [6, 6.07) is 5.88. The van der Waals surface area contributed by atoms with Gasteiger partial charge in [-0.3, -0.25) is 0 Å². The van der Waals surface area contributed by atoms with Crippen molar-refractivity contribution in [3.63, 3.8) is 0 Å². The van der Waals surface area contributed by atoms with E-state index < -0.39 is 0 Å². The molecule has 118 valence electrons. The van der Waals surface area contributed by atoms with Crippen molar-refractivity contribution in [3.05, 3.63) is 34.9 Å². The minimum atomic E-state index is 0.155. The highest BCUT2D eigenvalue weighted by atomic mass is 32.2. The van der Waals surface area contributed by atoms with Crippen LogP contribution < -0.4 is 11.1 Å². The van der Waals surface area contributed by atoms with E-state index in [-0.39, 0.29) is 5.84 Å². The average molecular weight is 309 g/mol. The van der Waals surface area contributed by atoms with Gasteiger partial charge in [0.05, 0.1) is 0 Å². The van der Waals surface area contributed by atoms with Gasteiger partial charge in [-0.25, -0.2) is 0 Å². The molecule has 0 saturated carbocycles. The largest absolute Gasteiger partial charge is 0.409 e. The Balaban J connectivity index is 2.26. The molecule has 0 aromatic heterocycles. The fraction of sp³-hybridized carbons (Fsp3) is 0.562. The van der Waals surface area contributed by atoms with Gasteiger partial charge in [-0.2, -0.15) is 11.8 Å². The normalized spacial score (nSPS) is 11.8. The fourth-order valence-corrected chi connectivity index (χ4v) is 2.68. The second-order valence-corrected chi connectivity index (χ2v) is 6.20. The van der Waals surface area contributed by atoms with Crippen LogP contribution in [0.25, 0.3) is 0 Å². The number of hydrogen-bond donors (Lipinski definition) is 3. The predicted molar refractivity (Wildman–Crippen MR) is 92.2 cm³/mol. The maximum absolute atomic E-state index is 8.68. The maximum Gasteiger partial charge on any atom is 0.170 e. The van der Waals surface area contributed by atoms with Gasteiger partial charge in [0.2, 0.25) is 0 Å². The van der Waals surface area contributed by atoms with E-state index in [4.69, 9.17) is 10.9 Å². The summed E-state index contributed by atoms with van der Waals surface area (Å²) in [4.78, 5) is 0. The highest BCUT2D eigenvalue weighted by Gasteiger charge is 2.03. The third-order valence-corrected chi connectivity index (χ3v) is 4.21. The molecule has 0 aliphatic heterocycles. The number of nitrogens with one attached hydrogen (secondary N) is 1. The molecule has 0 heterocycles. The van der Waals surface area contributed by atoms with Gasteiger partial charge in [-0.15, -0.1) is 0 Å². The van der Waals surface area contributed by atoms with Crippen LogP contribution in [-0.4, -0.2) is 29.6 Å². The fourth-order valence-electron chi connectivity index (χ4n) is 2.18. The summed E-state index contributed by atoms with van der Waals surface area (Å²) < 4.78 is 0. The zero-order chi connectivity index (χ0) is 15.5. The Hall–Kier alpha value is -1.20. The predicted octanol–water partition coefficient (Wildman–Crippen LogP) is 3.10. The summed E-state index contributed by atoms with van der Waals surface area (Å²) in [5.41, 5.74) is 8.76. The number of thioether (sulfide) groups is 1. The van der Waals surface area contributed by atoms with E-state index in [9.17, 15) is 0 Å². The molecule has 0 spiro atoms. The Bertz CT molecular complexity index is 449. The molecule has 0 saturated heterocycles. The Kier molecular flexibility index (Phi) is 8.94. The molecule has 0 amide bonds. The number of nitrogens with zero attached hydrogens (tertiary/aromatic N) is 1. The molecule has 0 unspecified atom stereocenters. The molecule has 4 nitrogen and oxygen atoms in total. The lowest BCUT2D eigenvalue weighted by Gasteiger charge is -2.09. The van der Waals surface area contributed by atoms with Crippen LogP contribution in [0.3, 0.4) is 0 Å². The molecular weight excluding hydrogens is 282 g/mol. The van der Waals surface area contributed by atoms with Crippen molar-refractivity contribution in [1.82, 2.24) is 5.32 Å². The van der Waals surface area contributed by atoms with Gasteiger partial charge in [0.1, 0.15) is 0 Å². The standard InChI is InChI=1S/C16H27N3OS/c1-13-11-14(16(17)19-20)7-8-15(13)12-18-9-5-3-4-6-10-21-2/h7-8,11,18,20H,3-6,9-10,12H2,1-2H3,(H2,17,19). The van der Waals surface area contributed by atoms with Gasteiger partial charge < -0.3 is 16.3 Å². The second-order valence-electron chi connectivity index (χ2n) is 5.21. The molecule has 21 heavy (non-hydrogen) atoms. The summed E-state index contributed by atoms with van der Waals surface area (Å²) in [6.45, 7) is 3.97. The number of oxime groups is 1. The number of nitrogens with two attached hydrogens (primary N) is 1. The number of aryl methyl sites for hydroxylation is 1. The van der Waals surface area contributed by atoms with E-state index in [0.717, 1.165) is 24.2 Å². The first-order chi connectivity index (χ1) is 10.2. The zero-order valence-corrected chi connectivity index (χ0v) is 13.9. The molecule has 1 rings (SSSR count). The third-order valence-electron chi connectivity index (χ3n) is 3.51. The van der Waals surface area contributed by atoms with Crippen molar-refractivity contribution in [2.24, 2.45) is 10.9 Å². The molecule has 1 aromatic rings. The van der Waals surface area contributed by atoms with E-state index in [0.29, 0.717) is 0 Å². The van der Waals surface area contributed by atoms with Crippen molar-refractivity contribution >= 4 is 17.6 Å². The van der Waals surface area contributed by atoms with Gasteiger partial charge in [0.15, 0.2) is 5.84 Å². The number of amidine groups is 1. The lowest BCUT2D eigenvalue weighted by Crippen LogP contribution is -2.17. The Labute approximate surface area is 132 Å². The van der Waals surface area contributed by atoms with Gasteiger partial charge in [0.25, 0.3) is 0 Å². The minimum absolute atomic E-state index is 0.155. The summed E-state index contributed by atoms with van der Waals surface area (Å²) in [7, 11) is 0. The van der Waals surface area contributed by atoms with E-state index in [2.05, 4.69) is 16.7 Å². The van der Waals surface area contributed by atoms with Crippen molar-refractivity contribution in [2.75, 3.05) is 18.6 Å². The molecular formula is C16H27N3OS. The van der Waals surface area contributed by atoms with E-state index >= 15 is 0 Å². The molecule has 0 aliphatic rings. The van der Waals surface area contributed by atoms with Crippen molar-refractivity contribution in [1.29, 1.82) is 0 Å². The van der Waals surface area contributed by atoms with Gasteiger partial charge in [-0.1, -0.05) is 30.1 Å². The minimum Gasteiger partial charge on any atom is -0.409 e. The summed E-state index contributed by atoms with van der Waals surface area (Å²) >= 11 is 1.92. The molecule has 4 N–H and O–H groups in total. The van der Waals surface area contributed by atoms with E-state index in [1.165, 1.54) is 37.0 Å². The summed E-state index contributed by atoms with van der Waals surface area (Å²) in [5.74, 6) is 1.43. The molecule has 5 heteroatoms. The summed E-state index contributed by atoms with van der Waals surface area (Å²) in [6.07, 6.45) is 7.35. The summed E-state index contributed by atoms with van der Waals surface area (Å²) in [5, 5.41) is 15.2. The van der Waals surface area contributed by atoms with Crippen molar-refractivity contribution in [3.8, 4) is 0 Å². The molecule has 0 aliphatic carbocycles. The molecule has 0 bridgehead atoms. The van der Waals surface area contributed by atoms with Crippen LogP contribution in [0, 0.1) is 6.92 Å². The third kappa shape index (κ3) is 6.87. The first kappa shape index (κ1) is 17.9. The van der Waals surface area contributed by atoms with Crippen molar-refractivity contribution in [2.45, 2.75) is 39.2 Å². The smallest absolute Gasteiger partial charge is 0.170 e.